The van der Waals surface area contributed by atoms with Crippen molar-refractivity contribution in [1.82, 2.24) is 0 Å². The van der Waals surface area contributed by atoms with Gasteiger partial charge >= 0.3 is 269 Å². The molecule has 0 amide bonds. The van der Waals surface area contributed by atoms with Gasteiger partial charge in [0.15, 0.2) is 0 Å². The van der Waals surface area contributed by atoms with E-state index >= 15 is 0 Å². The second-order valence-corrected chi connectivity index (χ2v) is 718. The number of hydrogen-bond donors (Lipinski definition) is 0. The molecule has 0 aliphatic rings. The molecule has 17 heteroatoms. The molecule has 0 heterocycles. The normalized spacial score (nSPS) is 10.6. The zero-order chi connectivity index (χ0) is 13.5. The van der Waals surface area contributed by atoms with Gasteiger partial charge in [0.25, 0.3) is 0 Å². The summed E-state index contributed by atoms with van der Waals surface area (Å²) < 4.78 is -4.53. The number of rotatable bonds is 0. The molecule has 0 spiro atoms. The molecule has 0 aliphatic heterocycles. The Bertz CT molecular complexity index is 94.8. The maximum atomic E-state index is 2.57. The minimum atomic E-state index is -1.51. The van der Waals surface area contributed by atoms with Gasteiger partial charge in [-0.05, 0) is 0 Å². The Balaban J connectivity index is -0.0000000400. The summed E-state index contributed by atoms with van der Waals surface area (Å²) in [6, 6.07) is 0. The molecule has 0 nitrogen and oxygen atoms in total. The van der Waals surface area contributed by atoms with Gasteiger partial charge in [-0.2, -0.15) is 0 Å². The van der Waals surface area contributed by atoms with Crippen molar-refractivity contribution < 1.29 is 57.3 Å². The van der Waals surface area contributed by atoms with Gasteiger partial charge in [0.2, 0.25) is 0 Å². The van der Waals surface area contributed by atoms with Crippen LogP contribution in [0.4, 0.5) is 0 Å². The molecular weight excluding hydrogens is 2520 g/mol. The van der Waals surface area contributed by atoms with Gasteiger partial charge in [0.1, 0.15) is 0 Å². The van der Waals surface area contributed by atoms with Crippen LogP contribution in [0.3, 0.4) is 0 Å². The standard InChI is InChI=1S/2Au.3Hg.12HI/h;;;;;12*1H/q2*+3;3*+2;;;;;;;;;;;;/p-12. The summed E-state index contributed by atoms with van der Waals surface area (Å²) in [6.07, 6.45) is 0. The van der Waals surface area contributed by atoms with E-state index in [-0.39, 0.29) is 44.8 Å². The summed E-state index contributed by atoms with van der Waals surface area (Å²) in [5.41, 5.74) is 0. The van der Waals surface area contributed by atoms with E-state index in [0.29, 0.717) is 0 Å². The molecule has 0 aromatic heterocycles. The average molecular weight is 2520 g/mol. The first-order valence-electron chi connectivity index (χ1n) is 3.21. The number of halogens is 12. The van der Waals surface area contributed by atoms with Crippen LogP contribution in [0.15, 0.2) is 0 Å². The van der Waals surface area contributed by atoms with Crippen LogP contribution in [0.5, 0.6) is 0 Å². The maximum absolute atomic E-state index is 2.57. The average Bonchev–Trinajstić information content (AvgIpc) is 1.41. The Kier molecular flexibility index (Phi) is 56.3. The number of hydrogen-bond acceptors (Lipinski definition) is 0. The van der Waals surface area contributed by atoms with E-state index in [1.54, 1.807) is 0 Å². The summed E-state index contributed by atoms with van der Waals surface area (Å²) in [7, 11) is 0. The van der Waals surface area contributed by atoms with Crippen molar-refractivity contribution in [3.8, 4) is 0 Å². The first-order chi connectivity index (χ1) is 6.00. The molecular formula is Au2Hg3I12. The van der Waals surface area contributed by atoms with Gasteiger partial charge in [0, 0.05) is 0 Å². The van der Waals surface area contributed by atoms with Crippen molar-refractivity contribution in [2.75, 3.05) is 0 Å². The predicted octanol–water partition coefficient (Wildman–Crippen LogP) is 10.6. The van der Waals surface area contributed by atoms with Crippen LogP contribution in [-0.4, -0.2) is 0 Å². The van der Waals surface area contributed by atoms with Gasteiger partial charge in [-0.25, -0.2) is 0 Å². The summed E-state index contributed by atoms with van der Waals surface area (Å²) >= 11 is 30.9. The van der Waals surface area contributed by atoms with E-state index in [9.17, 15) is 0 Å². The van der Waals surface area contributed by atoms with Crippen molar-refractivity contribution >= 4 is 212 Å². The molecule has 0 saturated heterocycles. The van der Waals surface area contributed by atoms with Gasteiger partial charge in [-0.15, -0.1) is 0 Å². The van der Waals surface area contributed by atoms with Crippen molar-refractivity contribution in [3.05, 3.63) is 0 Å². The molecule has 0 atom stereocenters. The molecule has 0 radical (unpaired) electrons. The van der Waals surface area contributed by atoms with E-state index in [1.165, 1.54) is 0 Å². The third-order valence-electron chi connectivity index (χ3n) is 0. The second kappa shape index (κ2) is 23.7. The molecule has 0 aliphatic carbocycles. The predicted molar refractivity (Wildman–Crippen MR) is 168 cm³/mol. The van der Waals surface area contributed by atoms with E-state index in [0.717, 1.165) is 0 Å². The Labute approximate surface area is 256 Å². The van der Waals surface area contributed by atoms with Gasteiger partial charge < -0.3 is 0 Å². The molecule has 0 saturated carbocycles. The quantitative estimate of drug-likeness (QED) is 0.168. The van der Waals surface area contributed by atoms with E-state index in [4.69, 9.17) is 0 Å². The van der Waals surface area contributed by atoms with Crippen molar-refractivity contribution in [2.24, 2.45) is 0 Å². The molecule has 0 aromatic rings. The zero-order valence-corrected chi connectivity index (χ0v) is 54.0. The Morgan fingerprint density at radius 1 is 0.294 bits per heavy atom. The topological polar surface area (TPSA) is 0 Å². The summed E-state index contributed by atoms with van der Waals surface area (Å²) in [5, 5.41) is 0. The van der Waals surface area contributed by atoms with E-state index in [1.807, 2.05) is 0 Å². The molecule has 0 fully saturated rings. The monoisotopic (exact) mass is 2520 g/mol. The Morgan fingerprint density at radius 3 is 0.294 bits per heavy atom. The minimum absolute atomic E-state index is 0. The van der Waals surface area contributed by atoms with Crippen LogP contribution >= 0.6 is 212 Å². The fourth-order valence-electron chi connectivity index (χ4n) is 0. The fourth-order valence-corrected chi connectivity index (χ4v) is 0. The van der Waals surface area contributed by atoms with E-state index < -0.39 is 12.5 Å². The Morgan fingerprint density at radius 2 is 0.294 bits per heavy atom. The first kappa shape index (κ1) is 40.4. The third kappa shape index (κ3) is 125. The molecule has 0 rings (SSSR count). The van der Waals surface area contributed by atoms with Crippen LogP contribution in [0.1, 0.15) is 0 Å². The molecule has 0 N–H and O–H groups in total. The molecule has 0 aromatic carbocycles. The van der Waals surface area contributed by atoms with Crippen molar-refractivity contribution in [2.45, 2.75) is 0 Å². The van der Waals surface area contributed by atoms with Crippen molar-refractivity contribution in [1.29, 1.82) is 0 Å². The van der Waals surface area contributed by atoms with Gasteiger partial charge in [-0.3, -0.25) is 0 Å². The zero-order valence-electron chi connectivity index (χ0n) is 7.26. The van der Waals surface area contributed by atoms with Gasteiger partial charge in [-0.1, -0.05) is 0 Å². The fraction of sp³-hybridized carbons (Fsp3) is 0. The van der Waals surface area contributed by atoms with Crippen molar-refractivity contribution in [3.63, 3.8) is 0 Å². The molecule has 0 bridgehead atoms. The second-order valence-electron chi connectivity index (χ2n) is 1.82. The third-order valence-corrected chi connectivity index (χ3v) is 0. The summed E-state index contributed by atoms with van der Waals surface area (Å²) in [4.78, 5) is 0. The Hall–Kier alpha value is 13.0. The van der Waals surface area contributed by atoms with Crippen LogP contribution in [0.2, 0.25) is 0 Å². The van der Waals surface area contributed by atoms with Crippen LogP contribution in [0.25, 0.3) is 0 Å². The first-order valence-corrected chi connectivity index (χ1v) is 189. The van der Waals surface area contributed by atoms with Crippen LogP contribution < -0.4 is 0 Å². The summed E-state index contributed by atoms with van der Waals surface area (Å²) in [6.45, 7) is 0. The van der Waals surface area contributed by atoms with E-state index in [2.05, 4.69) is 212 Å². The molecule has 112 valence electrons. The summed E-state index contributed by atoms with van der Waals surface area (Å²) in [5.74, 6) is 0. The molecule has 17 heavy (non-hydrogen) atoms. The van der Waals surface area contributed by atoms with Gasteiger partial charge in [0.05, 0.1) is 0 Å². The molecule has 0 unspecified atom stereocenters. The SMILES string of the molecule is [Au+3].[Au+3].[I][Hg-2]([I])([I])[I].[I][Hg-2]([I])([I])[I].[I][Hg-2]([I])([I])[I]. The van der Waals surface area contributed by atoms with Crippen LogP contribution in [0, 0.1) is 0 Å². The van der Waals surface area contributed by atoms with Crippen LogP contribution in [-0.2, 0) is 57.3 Å².